The first kappa shape index (κ1) is 22.4. The van der Waals surface area contributed by atoms with Gasteiger partial charge in [0, 0.05) is 18.7 Å². The second kappa shape index (κ2) is 9.01. The molecule has 0 saturated heterocycles. The van der Waals surface area contributed by atoms with E-state index in [-0.39, 0.29) is 29.7 Å². The van der Waals surface area contributed by atoms with Gasteiger partial charge in [0.25, 0.3) is 11.5 Å². The maximum Gasteiger partial charge on any atom is 0.352 e. The number of aryl methyl sites for hydroxylation is 1. The third-order valence-corrected chi connectivity index (χ3v) is 5.38. The standard InChI is InChI=1S/C24H26FN5O3/c1-4-10-28-22(32)19-9-8-17(21(31)26-13-15(2)3)12-20(19)30-23(28)27-29(24(30)33)14-16-6-5-7-18(25)11-16/h5-9,11-12,15H,4,10,13-14H2,1-3H3,(H,26,31). The molecule has 172 valence electrons. The number of halogens is 1. The van der Waals surface area contributed by atoms with Crippen LogP contribution in [0.15, 0.2) is 52.1 Å². The summed E-state index contributed by atoms with van der Waals surface area (Å²) in [6.45, 7) is 6.85. The van der Waals surface area contributed by atoms with Crippen LogP contribution in [0.5, 0.6) is 0 Å². The third kappa shape index (κ3) is 4.30. The largest absolute Gasteiger partial charge is 0.352 e. The molecule has 2 aromatic heterocycles. The SMILES string of the molecule is CCCn1c(=O)c2ccc(C(=O)NCC(C)C)cc2n2c(=O)n(Cc3cccc(F)c3)nc12. The number of hydrogen-bond acceptors (Lipinski definition) is 4. The number of benzene rings is 2. The van der Waals surface area contributed by atoms with Gasteiger partial charge in [0.2, 0.25) is 5.78 Å². The van der Waals surface area contributed by atoms with Crippen molar-refractivity contribution in [1.82, 2.24) is 24.1 Å². The number of rotatable bonds is 7. The molecule has 0 radical (unpaired) electrons. The van der Waals surface area contributed by atoms with Gasteiger partial charge in [-0.2, -0.15) is 0 Å². The minimum atomic E-state index is -0.469. The van der Waals surface area contributed by atoms with E-state index < -0.39 is 11.5 Å². The summed E-state index contributed by atoms with van der Waals surface area (Å²) < 4.78 is 17.7. The van der Waals surface area contributed by atoms with E-state index in [9.17, 15) is 18.8 Å². The maximum atomic E-state index is 13.6. The molecule has 0 fully saturated rings. The topological polar surface area (TPSA) is 90.4 Å². The van der Waals surface area contributed by atoms with Crippen LogP contribution in [-0.2, 0) is 13.1 Å². The molecule has 8 nitrogen and oxygen atoms in total. The fourth-order valence-corrected chi connectivity index (χ4v) is 3.79. The van der Waals surface area contributed by atoms with Crippen molar-refractivity contribution < 1.29 is 9.18 Å². The Bertz CT molecular complexity index is 1460. The van der Waals surface area contributed by atoms with E-state index in [1.165, 1.54) is 25.8 Å². The molecule has 0 spiro atoms. The molecule has 0 saturated carbocycles. The minimum absolute atomic E-state index is 0.0502. The molecule has 9 heteroatoms. The number of aromatic nitrogens is 4. The van der Waals surface area contributed by atoms with Gasteiger partial charge in [-0.25, -0.2) is 18.3 Å². The molecule has 0 aliphatic carbocycles. The van der Waals surface area contributed by atoms with E-state index in [0.29, 0.717) is 41.5 Å². The zero-order valence-corrected chi connectivity index (χ0v) is 18.8. The monoisotopic (exact) mass is 451 g/mol. The zero-order chi connectivity index (χ0) is 23.7. The van der Waals surface area contributed by atoms with Crippen LogP contribution < -0.4 is 16.6 Å². The van der Waals surface area contributed by atoms with Crippen LogP contribution in [-0.4, -0.2) is 31.2 Å². The number of fused-ring (bicyclic) bond motifs is 3. The predicted molar refractivity (Wildman–Crippen MR) is 124 cm³/mol. The van der Waals surface area contributed by atoms with Crippen LogP contribution in [0, 0.1) is 11.7 Å². The summed E-state index contributed by atoms with van der Waals surface area (Å²) in [4.78, 5) is 39.2. The summed E-state index contributed by atoms with van der Waals surface area (Å²) in [7, 11) is 0. The van der Waals surface area contributed by atoms with Crippen molar-refractivity contribution in [2.75, 3.05) is 6.54 Å². The number of hydrogen-bond donors (Lipinski definition) is 1. The zero-order valence-electron chi connectivity index (χ0n) is 18.8. The molecule has 2 aromatic carbocycles. The first-order valence-electron chi connectivity index (χ1n) is 11.0. The van der Waals surface area contributed by atoms with Gasteiger partial charge in [-0.15, -0.1) is 5.10 Å². The smallest absolute Gasteiger partial charge is 0.352 e. The molecule has 1 amide bonds. The second-order valence-electron chi connectivity index (χ2n) is 8.50. The third-order valence-electron chi connectivity index (χ3n) is 5.38. The molecule has 0 bridgehead atoms. The summed E-state index contributed by atoms with van der Waals surface area (Å²) in [5, 5.41) is 7.58. The fourth-order valence-electron chi connectivity index (χ4n) is 3.79. The number of nitrogens with zero attached hydrogens (tertiary/aromatic N) is 4. The van der Waals surface area contributed by atoms with Crippen LogP contribution in [0.25, 0.3) is 16.7 Å². The fraction of sp³-hybridized carbons (Fsp3) is 0.333. The Morgan fingerprint density at radius 3 is 2.64 bits per heavy atom. The number of amides is 1. The van der Waals surface area contributed by atoms with Crippen molar-refractivity contribution in [2.45, 2.75) is 40.3 Å². The summed E-state index contributed by atoms with van der Waals surface area (Å²) in [6, 6.07) is 10.6. The lowest BCUT2D eigenvalue weighted by Crippen LogP contribution is -2.29. The molecule has 1 N–H and O–H groups in total. The van der Waals surface area contributed by atoms with Crippen molar-refractivity contribution in [3.63, 3.8) is 0 Å². The van der Waals surface area contributed by atoms with Crippen LogP contribution in [0.1, 0.15) is 43.1 Å². The van der Waals surface area contributed by atoms with Crippen molar-refractivity contribution in [2.24, 2.45) is 5.92 Å². The van der Waals surface area contributed by atoms with E-state index in [4.69, 9.17) is 0 Å². The quantitative estimate of drug-likeness (QED) is 0.468. The van der Waals surface area contributed by atoms with Crippen LogP contribution in [0.3, 0.4) is 0 Å². The van der Waals surface area contributed by atoms with Crippen LogP contribution in [0.4, 0.5) is 4.39 Å². The first-order chi connectivity index (χ1) is 15.8. The highest BCUT2D eigenvalue weighted by atomic mass is 19.1. The van der Waals surface area contributed by atoms with Gasteiger partial charge < -0.3 is 5.32 Å². The normalized spacial score (nSPS) is 11.5. The molecule has 0 unspecified atom stereocenters. The predicted octanol–water partition coefficient (Wildman–Crippen LogP) is 2.79. The Kier molecular flexibility index (Phi) is 6.13. The summed E-state index contributed by atoms with van der Waals surface area (Å²) in [5.41, 5.74) is 0.486. The van der Waals surface area contributed by atoms with Crippen molar-refractivity contribution in [1.29, 1.82) is 0 Å². The Labute approximate surface area is 189 Å². The Hall–Kier alpha value is -3.75. The molecule has 33 heavy (non-hydrogen) atoms. The van der Waals surface area contributed by atoms with Crippen molar-refractivity contribution >= 4 is 22.6 Å². The number of carbonyl (C=O) groups excluding carboxylic acids is 1. The van der Waals surface area contributed by atoms with E-state index >= 15 is 0 Å². The van der Waals surface area contributed by atoms with E-state index in [0.717, 1.165) is 0 Å². The first-order valence-corrected chi connectivity index (χ1v) is 11.0. The molecule has 4 rings (SSSR count). The van der Waals surface area contributed by atoms with Gasteiger partial charge in [0.05, 0.1) is 17.4 Å². The Balaban J connectivity index is 1.92. The molecule has 4 aromatic rings. The molecular formula is C24H26FN5O3. The lowest BCUT2D eigenvalue weighted by atomic mass is 10.1. The maximum absolute atomic E-state index is 13.6. The van der Waals surface area contributed by atoms with Crippen molar-refractivity contribution in [3.8, 4) is 0 Å². The summed E-state index contributed by atoms with van der Waals surface area (Å²) in [6.07, 6.45) is 0.668. The molecule has 0 atom stereocenters. The molecule has 0 aliphatic rings. The lowest BCUT2D eigenvalue weighted by molar-refractivity contribution is 0.0949. The average molecular weight is 452 g/mol. The van der Waals surface area contributed by atoms with Crippen molar-refractivity contribution in [3.05, 3.63) is 80.2 Å². The Morgan fingerprint density at radius 2 is 1.94 bits per heavy atom. The van der Waals surface area contributed by atoms with Gasteiger partial charge in [-0.1, -0.05) is 32.9 Å². The van der Waals surface area contributed by atoms with Gasteiger partial charge in [0.1, 0.15) is 5.82 Å². The number of carbonyl (C=O) groups is 1. The molecule has 2 heterocycles. The highest BCUT2D eigenvalue weighted by Crippen LogP contribution is 2.15. The van der Waals surface area contributed by atoms with E-state index in [1.807, 2.05) is 20.8 Å². The summed E-state index contributed by atoms with van der Waals surface area (Å²) >= 11 is 0. The molecule has 0 aliphatic heterocycles. The van der Waals surface area contributed by atoms with Gasteiger partial charge in [-0.05, 0) is 48.2 Å². The average Bonchev–Trinajstić information content (AvgIpc) is 3.10. The number of nitrogens with one attached hydrogen (secondary N) is 1. The summed E-state index contributed by atoms with van der Waals surface area (Å²) in [5.74, 6) is -0.215. The minimum Gasteiger partial charge on any atom is -0.352 e. The highest BCUT2D eigenvalue weighted by molar-refractivity contribution is 5.98. The van der Waals surface area contributed by atoms with E-state index in [2.05, 4.69) is 10.4 Å². The van der Waals surface area contributed by atoms with Crippen LogP contribution in [0.2, 0.25) is 0 Å². The van der Waals surface area contributed by atoms with E-state index in [1.54, 1.807) is 30.3 Å². The van der Waals surface area contributed by atoms with Crippen LogP contribution >= 0.6 is 0 Å². The van der Waals surface area contributed by atoms with Gasteiger partial charge in [-0.3, -0.25) is 14.2 Å². The molecular weight excluding hydrogens is 425 g/mol. The highest BCUT2D eigenvalue weighted by Gasteiger charge is 2.19. The van der Waals surface area contributed by atoms with Gasteiger partial charge >= 0.3 is 5.69 Å². The second-order valence-corrected chi connectivity index (χ2v) is 8.50. The van der Waals surface area contributed by atoms with Gasteiger partial charge in [0.15, 0.2) is 0 Å². The lowest BCUT2D eigenvalue weighted by Gasteiger charge is -2.11. The Morgan fingerprint density at radius 1 is 1.15 bits per heavy atom.